The molecule has 12 heteroatoms. The number of thiocarbonyl (C=S) groups is 1. The molecule has 0 saturated carbocycles. The molecule has 0 aliphatic carbocycles. The summed E-state index contributed by atoms with van der Waals surface area (Å²) >= 11 is 6.22. The van der Waals surface area contributed by atoms with Gasteiger partial charge >= 0.3 is 11.9 Å². The first-order chi connectivity index (χ1) is 16.1. The monoisotopic (exact) mass is 496 g/mol. The van der Waals surface area contributed by atoms with Crippen molar-refractivity contribution in [3.63, 3.8) is 0 Å². The van der Waals surface area contributed by atoms with E-state index < -0.39 is 22.8 Å². The largest absolute Gasteiger partial charge is 0.478 e. The van der Waals surface area contributed by atoms with Crippen LogP contribution in [0.1, 0.15) is 26.5 Å². The van der Waals surface area contributed by atoms with Gasteiger partial charge in [0.15, 0.2) is 4.32 Å². The van der Waals surface area contributed by atoms with Crippen LogP contribution in [-0.2, 0) is 4.79 Å². The van der Waals surface area contributed by atoms with E-state index >= 15 is 0 Å². The number of carboxylic acids is 2. The maximum atomic E-state index is 13.0. The number of nitrogens with zero attached hydrogens (tertiary/aromatic N) is 2. The van der Waals surface area contributed by atoms with Crippen LogP contribution in [0, 0.1) is 10.1 Å². The third-order valence-electron chi connectivity index (χ3n) is 4.73. The van der Waals surface area contributed by atoms with Crippen molar-refractivity contribution >= 4 is 63.6 Å². The van der Waals surface area contributed by atoms with Gasteiger partial charge in [-0.25, -0.2) is 9.59 Å². The first kappa shape index (κ1) is 22.9. The topological polar surface area (TPSA) is 151 Å². The van der Waals surface area contributed by atoms with Crippen molar-refractivity contribution < 1.29 is 33.9 Å². The van der Waals surface area contributed by atoms with Crippen LogP contribution in [0.15, 0.2) is 63.9 Å². The summed E-state index contributed by atoms with van der Waals surface area (Å²) in [6.45, 7) is 0. The van der Waals surface area contributed by atoms with Crippen LogP contribution in [0.4, 0.5) is 11.4 Å². The second kappa shape index (κ2) is 8.92. The van der Waals surface area contributed by atoms with Crippen LogP contribution in [0.2, 0.25) is 0 Å². The van der Waals surface area contributed by atoms with Gasteiger partial charge in [-0.15, -0.1) is 0 Å². The number of thioether (sulfide) groups is 1. The van der Waals surface area contributed by atoms with Crippen LogP contribution in [-0.4, -0.2) is 37.3 Å². The Hall–Kier alpha value is -4.29. The first-order valence-electron chi connectivity index (χ1n) is 9.38. The Labute approximate surface area is 200 Å². The van der Waals surface area contributed by atoms with Crippen molar-refractivity contribution in [2.45, 2.75) is 0 Å². The van der Waals surface area contributed by atoms with Gasteiger partial charge in [-0.2, -0.15) is 0 Å². The molecule has 1 aliphatic heterocycles. The van der Waals surface area contributed by atoms with Gasteiger partial charge in [0.25, 0.3) is 11.6 Å². The highest BCUT2D eigenvalue weighted by Gasteiger charge is 2.34. The molecule has 1 amide bonds. The number of rotatable bonds is 6. The lowest BCUT2D eigenvalue weighted by Crippen LogP contribution is -2.28. The van der Waals surface area contributed by atoms with Gasteiger partial charge in [0.05, 0.1) is 26.6 Å². The van der Waals surface area contributed by atoms with Gasteiger partial charge in [0.2, 0.25) is 0 Å². The minimum absolute atomic E-state index is 0.0224. The second-order valence-electron chi connectivity index (χ2n) is 6.90. The molecule has 34 heavy (non-hydrogen) atoms. The maximum absolute atomic E-state index is 13.0. The lowest BCUT2D eigenvalue weighted by molar-refractivity contribution is -0.384. The number of amides is 1. The summed E-state index contributed by atoms with van der Waals surface area (Å²) in [4.78, 5) is 47.3. The van der Waals surface area contributed by atoms with E-state index in [-0.39, 0.29) is 31.7 Å². The standard InChI is InChI=1S/C22H12N2O8S2/c25-19-18(10-16-5-6-17(32-16)11-1-3-14(4-2-11)24(30)31)34-22(33)23(19)15-8-12(20(26)27)7-13(9-15)21(28)29/h1-10H,(H,26,27)(H,28,29)/b18-10+. The fourth-order valence-corrected chi connectivity index (χ4v) is 4.42. The number of benzene rings is 2. The first-order valence-corrected chi connectivity index (χ1v) is 10.6. The summed E-state index contributed by atoms with van der Waals surface area (Å²) in [7, 11) is 0. The molecule has 170 valence electrons. The number of carbonyl (C=O) groups is 3. The van der Waals surface area contributed by atoms with Crippen molar-refractivity contribution in [1.82, 2.24) is 0 Å². The molecular formula is C22H12N2O8S2. The van der Waals surface area contributed by atoms with E-state index in [4.69, 9.17) is 16.6 Å². The third kappa shape index (κ3) is 4.44. The molecule has 0 unspecified atom stereocenters. The minimum atomic E-state index is -1.35. The van der Waals surface area contributed by atoms with Crippen molar-refractivity contribution in [3.05, 3.63) is 86.5 Å². The van der Waals surface area contributed by atoms with Gasteiger partial charge in [-0.1, -0.05) is 24.0 Å². The van der Waals surface area contributed by atoms with E-state index in [1.54, 1.807) is 12.1 Å². The highest BCUT2D eigenvalue weighted by molar-refractivity contribution is 8.27. The van der Waals surface area contributed by atoms with Gasteiger partial charge in [-0.3, -0.25) is 19.8 Å². The van der Waals surface area contributed by atoms with Crippen LogP contribution < -0.4 is 4.90 Å². The summed E-state index contributed by atoms with van der Waals surface area (Å²) < 4.78 is 5.82. The Bertz CT molecular complexity index is 1380. The summed E-state index contributed by atoms with van der Waals surface area (Å²) in [5.74, 6) is -2.52. The molecule has 1 aliphatic rings. The summed E-state index contributed by atoms with van der Waals surface area (Å²) in [5.41, 5.74) is -0.0330. The van der Waals surface area contributed by atoms with Crippen molar-refractivity contribution in [2.24, 2.45) is 0 Å². The SMILES string of the molecule is O=C(O)c1cc(C(=O)O)cc(N2C(=O)/C(=C\c3ccc(-c4ccc([N+](=O)[O-])cc4)o3)SC2=S)c1. The minimum Gasteiger partial charge on any atom is -0.478 e. The molecule has 2 aromatic carbocycles. The predicted molar refractivity (Wildman–Crippen MR) is 127 cm³/mol. The molecule has 0 spiro atoms. The molecule has 0 atom stereocenters. The molecule has 2 heterocycles. The fourth-order valence-electron chi connectivity index (χ4n) is 3.14. The Kier molecular flexibility index (Phi) is 6.01. The molecule has 2 N–H and O–H groups in total. The Balaban J connectivity index is 1.63. The zero-order valence-corrected chi connectivity index (χ0v) is 18.5. The average Bonchev–Trinajstić information content (AvgIpc) is 3.37. The molecule has 10 nitrogen and oxygen atoms in total. The van der Waals surface area contributed by atoms with E-state index in [9.17, 15) is 34.7 Å². The highest BCUT2D eigenvalue weighted by Crippen LogP contribution is 2.37. The Morgan fingerprint density at radius 1 is 1.03 bits per heavy atom. The molecule has 3 aromatic rings. The number of carbonyl (C=O) groups excluding carboxylic acids is 1. The number of carboxylic acid groups (broad SMARTS) is 2. The number of nitro benzene ring substituents is 1. The van der Waals surface area contributed by atoms with E-state index in [0.717, 1.165) is 22.7 Å². The van der Waals surface area contributed by atoms with Crippen LogP contribution in [0.25, 0.3) is 17.4 Å². The third-order valence-corrected chi connectivity index (χ3v) is 6.03. The predicted octanol–water partition coefficient (Wildman–Crippen LogP) is 4.66. The molecular weight excluding hydrogens is 484 g/mol. The van der Waals surface area contributed by atoms with Crippen LogP contribution in [0.5, 0.6) is 0 Å². The molecule has 1 aromatic heterocycles. The van der Waals surface area contributed by atoms with Crippen molar-refractivity contribution in [3.8, 4) is 11.3 Å². The highest BCUT2D eigenvalue weighted by atomic mass is 32.2. The lowest BCUT2D eigenvalue weighted by Gasteiger charge is -2.16. The zero-order valence-electron chi connectivity index (χ0n) is 16.8. The molecule has 4 rings (SSSR count). The molecule has 1 saturated heterocycles. The number of hydrogen-bond donors (Lipinski definition) is 2. The number of nitro groups is 1. The van der Waals surface area contributed by atoms with Crippen molar-refractivity contribution in [1.29, 1.82) is 0 Å². The average molecular weight is 496 g/mol. The number of furan rings is 1. The number of anilines is 1. The summed E-state index contributed by atoms with van der Waals surface area (Å²) in [6.07, 6.45) is 1.45. The van der Waals surface area contributed by atoms with Gasteiger partial charge in [0.1, 0.15) is 11.5 Å². The quantitative estimate of drug-likeness (QED) is 0.213. The van der Waals surface area contributed by atoms with Crippen LogP contribution >= 0.6 is 24.0 Å². The van der Waals surface area contributed by atoms with Gasteiger partial charge in [0, 0.05) is 23.8 Å². The van der Waals surface area contributed by atoms with Crippen LogP contribution in [0.3, 0.4) is 0 Å². The summed E-state index contributed by atoms with van der Waals surface area (Å²) in [6, 6.07) is 12.3. The zero-order chi connectivity index (χ0) is 24.6. The maximum Gasteiger partial charge on any atom is 0.335 e. The molecule has 1 fully saturated rings. The Morgan fingerprint density at radius 2 is 1.65 bits per heavy atom. The fraction of sp³-hybridized carbons (Fsp3) is 0. The second-order valence-corrected chi connectivity index (χ2v) is 8.58. The van der Waals surface area contributed by atoms with E-state index in [1.807, 2.05) is 0 Å². The van der Waals surface area contributed by atoms with E-state index in [1.165, 1.54) is 42.5 Å². The van der Waals surface area contributed by atoms with Gasteiger partial charge in [-0.05, 0) is 42.5 Å². The summed E-state index contributed by atoms with van der Waals surface area (Å²) in [5, 5.41) is 29.4. The Morgan fingerprint density at radius 3 is 2.21 bits per heavy atom. The number of aromatic carboxylic acids is 2. The van der Waals surface area contributed by atoms with Crippen molar-refractivity contribution in [2.75, 3.05) is 4.90 Å². The molecule has 0 radical (unpaired) electrons. The number of hydrogen-bond acceptors (Lipinski definition) is 8. The smallest absolute Gasteiger partial charge is 0.335 e. The van der Waals surface area contributed by atoms with Gasteiger partial charge < -0.3 is 14.6 Å². The molecule has 0 bridgehead atoms. The number of non-ortho nitro benzene ring substituents is 1. The normalized spacial score (nSPS) is 14.6. The van der Waals surface area contributed by atoms with E-state index in [2.05, 4.69) is 0 Å². The lowest BCUT2D eigenvalue weighted by atomic mass is 10.1. The van der Waals surface area contributed by atoms with E-state index in [0.29, 0.717) is 17.1 Å².